The summed E-state index contributed by atoms with van der Waals surface area (Å²) >= 11 is 6.20. The fourth-order valence-corrected chi connectivity index (χ4v) is 3.06. The van der Waals surface area contributed by atoms with Gasteiger partial charge in [-0.25, -0.2) is 0 Å². The summed E-state index contributed by atoms with van der Waals surface area (Å²) in [4.78, 5) is 13.7. The molecule has 0 spiro atoms. The highest BCUT2D eigenvalue weighted by molar-refractivity contribution is 6.34. The second-order valence-corrected chi connectivity index (χ2v) is 6.47. The maximum atomic E-state index is 12.4. The first-order chi connectivity index (χ1) is 13.0. The van der Waals surface area contributed by atoms with Crippen LogP contribution in [0.4, 0.5) is 5.69 Å². The Morgan fingerprint density at radius 1 is 1.26 bits per heavy atom. The van der Waals surface area contributed by atoms with Crippen LogP contribution in [0.5, 0.6) is 0 Å². The number of aromatic nitrogens is 2. The van der Waals surface area contributed by atoms with Gasteiger partial charge in [-0.3, -0.25) is 25.6 Å². The first-order valence-electron chi connectivity index (χ1n) is 8.34. The number of anilines is 1. The minimum absolute atomic E-state index is 0.265. The normalized spacial score (nSPS) is 10.6. The molecular formula is C19H19ClN6O. The van der Waals surface area contributed by atoms with E-state index < -0.39 is 0 Å². The van der Waals surface area contributed by atoms with E-state index in [-0.39, 0.29) is 10.9 Å². The molecule has 8 heteroatoms. The first kappa shape index (κ1) is 18.6. The van der Waals surface area contributed by atoms with E-state index in [4.69, 9.17) is 22.4 Å². The third-order valence-electron chi connectivity index (χ3n) is 4.22. The lowest BCUT2D eigenvalue weighted by molar-refractivity contribution is 0.0954. The highest BCUT2D eigenvalue weighted by Gasteiger charge is 2.13. The molecule has 4 N–H and O–H groups in total. The van der Waals surface area contributed by atoms with Gasteiger partial charge in [0.2, 0.25) is 0 Å². The number of fused-ring (bicyclic) bond motifs is 1. The Kier molecular flexibility index (Phi) is 5.52. The second kappa shape index (κ2) is 8.01. The van der Waals surface area contributed by atoms with Crippen LogP contribution in [0, 0.1) is 17.7 Å². The Bertz CT molecular complexity index is 1000. The van der Waals surface area contributed by atoms with E-state index in [1.165, 1.54) is 4.90 Å². The first-order valence-corrected chi connectivity index (χ1v) is 8.72. The summed E-state index contributed by atoms with van der Waals surface area (Å²) < 4.78 is 0. The predicted molar refractivity (Wildman–Crippen MR) is 108 cm³/mol. The summed E-state index contributed by atoms with van der Waals surface area (Å²) in [5, 5.41) is 26.0. The van der Waals surface area contributed by atoms with Crippen molar-refractivity contribution in [3.63, 3.8) is 0 Å². The smallest absolute Gasteiger partial charge is 0.252 e. The minimum Gasteiger partial charge on any atom is -0.352 e. The summed E-state index contributed by atoms with van der Waals surface area (Å²) in [7, 11) is 0. The van der Waals surface area contributed by atoms with Gasteiger partial charge in [0, 0.05) is 29.7 Å². The fourth-order valence-electron chi connectivity index (χ4n) is 2.80. The largest absolute Gasteiger partial charge is 0.352 e. The van der Waals surface area contributed by atoms with Crippen LogP contribution < -0.4 is 10.2 Å². The molecular weight excluding hydrogens is 364 g/mol. The summed E-state index contributed by atoms with van der Waals surface area (Å²) in [5.41, 5.74) is 3.92. The van der Waals surface area contributed by atoms with E-state index in [0.717, 1.165) is 34.8 Å². The molecule has 0 aliphatic heterocycles. The van der Waals surface area contributed by atoms with Crippen LogP contribution in [0.2, 0.25) is 5.02 Å². The van der Waals surface area contributed by atoms with E-state index in [2.05, 4.69) is 15.5 Å². The third-order valence-corrected chi connectivity index (χ3v) is 4.54. The van der Waals surface area contributed by atoms with Gasteiger partial charge in [-0.1, -0.05) is 23.7 Å². The standard InChI is InChI=1S/C19H19ClN6O/c1-12-2-4-15-17(24-25-18(15)8-12)6-7-23-19(27)14-5-3-13(9-16(14)20)26(10-21)11-22/h2-5,8-11,21-22H,6-7H2,1H3,(H,23,27)(H,24,25). The van der Waals surface area contributed by atoms with Gasteiger partial charge >= 0.3 is 0 Å². The minimum atomic E-state index is -0.275. The highest BCUT2D eigenvalue weighted by atomic mass is 35.5. The molecule has 0 fully saturated rings. The zero-order valence-electron chi connectivity index (χ0n) is 14.7. The van der Waals surface area contributed by atoms with Crippen LogP contribution >= 0.6 is 11.6 Å². The molecule has 3 aromatic rings. The molecule has 1 amide bonds. The number of amides is 1. The second-order valence-electron chi connectivity index (χ2n) is 6.06. The van der Waals surface area contributed by atoms with Crippen molar-refractivity contribution in [3.05, 3.63) is 58.2 Å². The molecule has 0 aliphatic carbocycles. The van der Waals surface area contributed by atoms with Crippen molar-refractivity contribution >= 4 is 46.8 Å². The quantitative estimate of drug-likeness (QED) is 0.370. The van der Waals surface area contributed by atoms with Crippen molar-refractivity contribution in [1.82, 2.24) is 15.5 Å². The average Bonchev–Trinajstić information content (AvgIpc) is 3.05. The van der Waals surface area contributed by atoms with Crippen molar-refractivity contribution in [2.24, 2.45) is 0 Å². The average molecular weight is 383 g/mol. The van der Waals surface area contributed by atoms with Crippen LogP contribution in [0.3, 0.4) is 0 Å². The number of H-pyrrole nitrogens is 1. The molecule has 7 nitrogen and oxygen atoms in total. The topological polar surface area (TPSA) is 109 Å². The Labute approximate surface area is 161 Å². The lowest BCUT2D eigenvalue weighted by atomic mass is 10.1. The molecule has 1 aromatic heterocycles. The number of nitrogens with one attached hydrogen (secondary N) is 4. The fraction of sp³-hybridized carbons (Fsp3) is 0.158. The van der Waals surface area contributed by atoms with E-state index in [9.17, 15) is 4.79 Å². The van der Waals surface area contributed by atoms with Gasteiger partial charge in [0.1, 0.15) is 0 Å². The summed E-state index contributed by atoms with van der Waals surface area (Å²) in [6.45, 7) is 2.46. The van der Waals surface area contributed by atoms with Crippen molar-refractivity contribution in [2.45, 2.75) is 13.3 Å². The number of nitrogens with zero attached hydrogens (tertiary/aromatic N) is 2. The zero-order chi connectivity index (χ0) is 19.4. The van der Waals surface area contributed by atoms with Gasteiger partial charge in [0.25, 0.3) is 5.91 Å². The molecule has 0 aliphatic rings. The molecule has 1 heterocycles. The molecule has 0 radical (unpaired) electrons. The summed E-state index contributed by atoms with van der Waals surface area (Å²) in [6.07, 6.45) is 2.61. The van der Waals surface area contributed by atoms with Crippen LogP contribution in [0.1, 0.15) is 21.6 Å². The van der Waals surface area contributed by atoms with Crippen LogP contribution in [-0.2, 0) is 6.42 Å². The van der Waals surface area contributed by atoms with Crippen LogP contribution in [-0.4, -0.2) is 35.3 Å². The maximum Gasteiger partial charge on any atom is 0.252 e. The zero-order valence-corrected chi connectivity index (χ0v) is 15.5. The molecule has 0 bridgehead atoms. The number of hydrogen-bond donors (Lipinski definition) is 4. The number of hydrogen-bond acceptors (Lipinski definition) is 4. The number of carbonyl (C=O) groups excluding carboxylic acids is 1. The number of halogens is 1. The predicted octanol–water partition coefficient (Wildman–Crippen LogP) is 3.52. The van der Waals surface area contributed by atoms with Crippen LogP contribution in [0.25, 0.3) is 10.9 Å². The monoisotopic (exact) mass is 382 g/mol. The molecule has 0 saturated heterocycles. The third kappa shape index (κ3) is 3.98. The molecule has 0 saturated carbocycles. The van der Waals surface area contributed by atoms with Crippen LogP contribution in [0.15, 0.2) is 36.4 Å². The summed E-state index contributed by atoms with van der Waals surface area (Å²) in [6, 6.07) is 10.9. The number of rotatable bonds is 7. The van der Waals surface area contributed by atoms with Gasteiger partial charge < -0.3 is 5.32 Å². The van der Waals surface area contributed by atoms with Gasteiger partial charge in [-0.2, -0.15) is 5.10 Å². The lowest BCUT2D eigenvalue weighted by Crippen LogP contribution is -2.26. The molecule has 138 valence electrons. The van der Waals surface area contributed by atoms with Gasteiger partial charge in [0.15, 0.2) is 0 Å². The Hall–Kier alpha value is -3.19. The molecule has 2 aromatic carbocycles. The van der Waals surface area contributed by atoms with E-state index in [0.29, 0.717) is 24.2 Å². The number of aromatic amines is 1. The summed E-state index contributed by atoms with van der Waals surface area (Å²) in [5.74, 6) is -0.275. The molecule has 0 atom stereocenters. The lowest BCUT2D eigenvalue weighted by Gasteiger charge is -2.14. The Morgan fingerprint density at radius 3 is 2.74 bits per heavy atom. The number of aryl methyl sites for hydroxylation is 1. The maximum absolute atomic E-state index is 12.4. The Morgan fingerprint density at radius 2 is 2.04 bits per heavy atom. The highest BCUT2D eigenvalue weighted by Crippen LogP contribution is 2.23. The van der Waals surface area contributed by atoms with Gasteiger partial charge in [0.05, 0.1) is 28.8 Å². The molecule has 3 rings (SSSR count). The van der Waals surface area contributed by atoms with E-state index in [1.807, 2.05) is 25.1 Å². The van der Waals surface area contributed by atoms with E-state index >= 15 is 0 Å². The van der Waals surface area contributed by atoms with Crippen molar-refractivity contribution < 1.29 is 4.79 Å². The van der Waals surface area contributed by atoms with Gasteiger partial charge in [-0.05, 0) is 36.8 Å². The van der Waals surface area contributed by atoms with Crippen molar-refractivity contribution in [2.75, 3.05) is 11.4 Å². The van der Waals surface area contributed by atoms with E-state index in [1.54, 1.807) is 18.2 Å². The van der Waals surface area contributed by atoms with Gasteiger partial charge in [-0.15, -0.1) is 0 Å². The SMILES string of the molecule is Cc1ccc2c(CCNC(=O)c3ccc(N(C=N)C=N)cc3Cl)[nH]nc2c1. The molecule has 27 heavy (non-hydrogen) atoms. The van der Waals surface area contributed by atoms with Crippen molar-refractivity contribution in [1.29, 1.82) is 10.8 Å². The number of benzene rings is 2. The molecule has 0 unspecified atom stereocenters. The van der Waals surface area contributed by atoms with Crippen molar-refractivity contribution in [3.8, 4) is 0 Å². The number of carbonyl (C=O) groups is 1. The Balaban J connectivity index is 1.65.